The number of esters is 1. The lowest BCUT2D eigenvalue weighted by Gasteiger charge is -2.07. The number of unbranched alkanes of at least 4 members (excludes halogenated alkanes) is 1. The van der Waals surface area contributed by atoms with Crippen LogP contribution in [0.25, 0.3) is 22.0 Å². The Morgan fingerprint density at radius 2 is 2.04 bits per heavy atom. The van der Waals surface area contributed by atoms with E-state index in [2.05, 4.69) is 22.9 Å². The molecule has 0 aliphatic heterocycles. The Labute approximate surface area is 165 Å². The number of nitrogens with two attached hydrogens (primary N) is 1. The van der Waals surface area contributed by atoms with Crippen molar-refractivity contribution in [1.29, 1.82) is 5.26 Å². The minimum absolute atomic E-state index is 0.144. The summed E-state index contributed by atoms with van der Waals surface area (Å²) >= 11 is 0. The molecule has 0 aliphatic rings. The van der Waals surface area contributed by atoms with Gasteiger partial charge in [0, 0.05) is 41.3 Å². The molecule has 28 heavy (non-hydrogen) atoms. The van der Waals surface area contributed by atoms with E-state index in [1.165, 1.54) is 0 Å². The fourth-order valence-corrected chi connectivity index (χ4v) is 3.50. The van der Waals surface area contributed by atoms with Gasteiger partial charge in [0.15, 0.2) is 0 Å². The zero-order valence-electron chi connectivity index (χ0n) is 16.4. The van der Waals surface area contributed by atoms with Crippen molar-refractivity contribution in [2.45, 2.75) is 39.7 Å². The summed E-state index contributed by atoms with van der Waals surface area (Å²) in [6.07, 6.45) is 4.21. The van der Waals surface area contributed by atoms with Gasteiger partial charge in [-0.1, -0.05) is 12.1 Å². The van der Waals surface area contributed by atoms with Crippen molar-refractivity contribution in [2.24, 2.45) is 0 Å². The van der Waals surface area contributed by atoms with Crippen LogP contribution in [0.5, 0.6) is 0 Å². The maximum absolute atomic E-state index is 11.5. The standard InChI is InChI=1S/C23H25N3O2/c1-3-28-23(27)9-4-5-12-26-15-20(18-7-6-8-21(25)16(18)2)19-13-17(14-24)10-11-22(19)26/h6-8,10-11,13,15H,3-5,9,12,25H2,1-2H3. The number of aromatic nitrogens is 1. The molecule has 3 aromatic rings. The predicted molar refractivity (Wildman–Crippen MR) is 112 cm³/mol. The van der Waals surface area contributed by atoms with Crippen molar-refractivity contribution >= 4 is 22.6 Å². The SMILES string of the molecule is CCOC(=O)CCCCn1cc(-c2cccc(N)c2C)c2cc(C#N)ccc21. The highest BCUT2D eigenvalue weighted by Gasteiger charge is 2.14. The molecule has 0 radical (unpaired) electrons. The smallest absolute Gasteiger partial charge is 0.305 e. The van der Waals surface area contributed by atoms with Gasteiger partial charge in [-0.25, -0.2) is 0 Å². The molecule has 1 heterocycles. The minimum Gasteiger partial charge on any atom is -0.466 e. The lowest BCUT2D eigenvalue weighted by atomic mass is 9.98. The van der Waals surface area contributed by atoms with Gasteiger partial charge in [0.05, 0.1) is 18.2 Å². The number of aryl methyl sites for hydroxylation is 1. The average Bonchev–Trinajstić information content (AvgIpc) is 3.05. The second kappa shape index (κ2) is 8.62. The Morgan fingerprint density at radius 1 is 1.21 bits per heavy atom. The molecule has 0 unspecified atom stereocenters. The summed E-state index contributed by atoms with van der Waals surface area (Å²) < 4.78 is 7.18. The number of carbonyl (C=O) groups excluding carboxylic acids is 1. The van der Waals surface area contributed by atoms with Gasteiger partial charge < -0.3 is 15.0 Å². The van der Waals surface area contributed by atoms with E-state index in [-0.39, 0.29) is 5.97 Å². The van der Waals surface area contributed by atoms with Crippen LogP contribution in [0.1, 0.15) is 37.3 Å². The second-order valence-corrected chi connectivity index (χ2v) is 6.86. The molecular weight excluding hydrogens is 350 g/mol. The van der Waals surface area contributed by atoms with E-state index < -0.39 is 0 Å². The first-order valence-corrected chi connectivity index (χ1v) is 9.59. The second-order valence-electron chi connectivity index (χ2n) is 6.86. The molecule has 0 fully saturated rings. The third kappa shape index (κ3) is 4.01. The minimum atomic E-state index is -0.144. The zero-order valence-corrected chi connectivity index (χ0v) is 16.4. The molecule has 2 aromatic carbocycles. The van der Waals surface area contributed by atoms with E-state index in [1.54, 1.807) is 0 Å². The number of nitrogen functional groups attached to an aromatic ring is 1. The first-order valence-electron chi connectivity index (χ1n) is 9.59. The molecule has 1 aromatic heterocycles. The van der Waals surface area contributed by atoms with Gasteiger partial charge in [0.2, 0.25) is 0 Å². The van der Waals surface area contributed by atoms with Crippen LogP contribution in [0, 0.1) is 18.3 Å². The molecule has 0 amide bonds. The van der Waals surface area contributed by atoms with Crippen LogP contribution in [0.2, 0.25) is 0 Å². The molecule has 5 nitrogen and oxygen atoms in total. The lowest BCUT2D eigenvalue weighted by molar-refractivity contribution is -0.143. The summed E-state index contributed by atoms with van der Waals surface area (Å²) in [6, 6.07) is 13.9. The van der Waals surface area contributed by atoms with Crippen LogP contribution >= 0.6 is 0 Å². The summed E-state index contributed by atoms with van der Waals surface area (Å²) in [5, 5.41) is 10.4. The first-order chi connectivity index (χ1) is 13.5. The highest BCUT2D eigenvalue weighted by Crippen LogP contribution is 2.35. The molecule has 0 atom stereocenters. The number of hydrogen-bond donors (Lipinski definition) is 1. The third-order valence-electron chi connectivity index (χ3n) is 5.01. The van der Waals surface area contributed by atoms with Crippen LogP contribution in [0.4, 0.5) is 5.69 Å². The van der Waals surface area contributed by atoms with Gasteiger partial charge in [0.25, 0.3) is 0 Å². The van der Waals surface area contributed by atoms with E-state index in [1.807, 2.05) is 44.2 Å². The molecular formula is C23H25N3O2. The maximum Gasteiger partial charge on any atom is 0.305 e. The number of fused-ring (bicyclic) bond motifs is 1. The largest absolute Gasteiger partial charge is 0.466 e. The summed E-state index contributed by atoms with van der Waals surface area (Å²) in [6.45, 7) is 5.05. The van der Waals surface area contributed by atoms with E-state index in [9.17, 15) is 10.1 Å². The fraction of sp³-hybridized carbons (Fsp3) is 0.304. The molecule has 0 saturated carbocycles. The molecule has 3 rings (SSSR count). The van der Waals surface area contributed by atoms with E-state index >= 15 is 0 Å². The van der Waals surface area contributed by atoms with E-state index in [0.29, 0.717) is 18.6 Å². The quantitative estimate of drug-likeness (QED) is 0.365. The topological polar surface area (TPSA) is 81.0 Å². The van der Waals surface area contributed by atoms with Crippen molar-refractivity contribution in [1.82, 2.24) is 4.57 Å². The van der Waals surface area contributed by atoms with Crippen LogP contribution in [0.3, 0.4) is 0 Å². The van der Waals surface area contributed by atoms with Crippen molar-refractivity contribution < 1.29 is 9.53 Å². The third-order valence-corrected chi connectivity index (χ3v) is 5.01. The summed E-state index contributed by atoms with van der Waals surface area (Å²) in [7, 11) is 0. The summed E-state index contributed by atoms with van der Waals surface area (Å²) in [4.78, 5) is 11.5. The van der Waals surface area contributed by atoms with E-state index in [4.69, 9.17) is 10.5 Å². The number of ether oxygens (including phenoxy) is 1. The predicted octanol–water partition coefficient (Wildman–Crippen LogP) is 4.80. The van der Waals surface area contributed by atoms with E-state index in [0.717, 1.165) is 52.7 Å². The Balaban J connectivity index is 1.93. The molecule has 0 bridgehead atoms. The van der Waals surface area contributed by atoms with Gasteiger partial charge >= 0.3 is 5.97 Å². The summed E-state index contributed by atoms with van der Waals surface area (Å²) in [5.41, 5.74) is 11.8. The van der Waals surface area contributed by atoms with Crippen LogP contribution in [0.15, 0.2) is 42.6 Å². The van der Waals surface area contributed by atoms with Crippen molar-refractivity contribution in [3.8, 4) is 17.2 Å². The lowest BCUT2D eigenvalue weighted by Crippen LogP contribution is -2.04. The van der Waals surface area contributed by atoms with Crippen LogP contribution < -0.4 is 5.73 Å². The average molecular weight is 375 g/mol. The molecule has 5 heteroatoms. The zero-order chi connectivity index (χ0) is 20.1. The number of rotatable bonds is 7. The van der Waals surface area contributed by atoms with Crippen molar-refractivity contribution in [3.63, 3.8) is 0 Å². The molecule has 144 valence electrons. The number of anilines is 1. The van der Waals surface area contributed by atoms with Crippen molar-refractivity contribution in [3.05, 3.63) is 53.7 Å². The molecule has 0 aliphatic carbocycles. The van der Waals surface area contributed by atoms with Crippen molar-refractivity contribution in [2.75, 3.05) is 12.3 Å². The number of carbonyl (C=O) groups is 1. The Hall–Kier alpha value is -3.26. The highest BCUT2D eigenvalue weighted by atomic mass is 16.5. The molecule has 0 spiro atoms. The first kappa shape index (κ1) is 19.5. The Bertz CT molecular complexity index is 1040. The number of hydrogen-bond acceptors (Lipinski definition) is 4. The Morgan fingerprint density at radius 3 is 2.79 bits per heavy atom. The molecule has 0 saturated heterocycles. The maximum atomic E-state index is 11.5. The normalized spacial score (nSPS) is 10.8. The highest BCUT2D eigenvalue weighted by molar-refractivity contribution is 5.98. The fourth-order valence-electron chi connectivity index (χ4n) is 3.50. The van der Waals surface area contributed by atoms with Gasteiger partial charge in [-0.2, -0.15) is 5.26 Å². The van der Waals surface area contributed by atoms with Gasteiger partial charge in [0.1, 0.15) is 0 Å². The van der Waals surface area contributed by atoms with Crippen LogP contribution in [-0.2, 0) is 16.1 Å². The van der Waals surface area contributed by atoms with Gasteiger partial charge in [-0.05, 0) is 62.1 Å². The summed E-state index contributed by atoms with van der Waals surface area (Å²) in [5.74, 6) is -0.144. The number of nitrogens with zero attached hydrogens (tertiary/aromatic N) is 2. The Kier molecular flexibility index (Phi) is 6.00. The number of benzene rings is 2. The molecule has 2 N–H and O–H groups in total. The van der Waals surface area contributed by atoms with Gasteiger partial charge in [-0.15, -0.1) is 0 Å². The number of nitriles is 1. The van der Waals surface area contributed by atoms with Gasteiger partial charge in [-0.3, -0.25) is 4.79 Å². The monoisotopic (exact) mass is 375 g/mol. The van der Waals surface area contributed by atoms with Crippen LogP contribution in [-0.4, -0.2) is 17.1 Å².